The van der Waals surface area contributed by atoms with Gasteiger partial charge in [-0.25, -0.2) is 4.68 Å². The molecule has 0 bridgehead atoms. The second-order valence-corrected chi connectivity index (χ2v) is 10.4. The fraction of sp³-hybridized carbons (Fsp3) is 0.333. The second kappa shape index (κ2) is 7.88. The van der Waals surface area contributed by atoms with Crippen LogP contribution >= 0.6 is 23.1 Å². The summed E-state index contributed by atoms with van der Waals surface area (Å²) in [5.41, 5.74) is 2.11. The summed E-state index contributed by atoms with van der Waals surface area (Å²) >= 11 is 3.09. The molecule has 30 heavy (non-hydrogen) atoms. The van der Waals surface area contributed by atoms with E-state index in [4.69, 9.17) is 4.42 Å². The normalized spacial score (nSPS) is 11.9. The van der Waals surface area contributed by atoms with Crippen LogP contribution in [0.4, 0.5) is 5.82 Å². The number of aryl methyl sites for hydroxylation is 2. The second-order valence-electron chi connectivity index (χ2n) is 7.99. The number of carbonyl (C=O) groups is 1. The van der Waals surface area contributed by atoms with Crippen LogP contribution in [0.3, 0.4) is 0 Å². The SMILES string of the molecule is Cc1cc(NC(=O)c2oc3ccccc3c2CSc2nnc(C)s2)n(C(C)(C)C)n1. The number of para-hydroxylation sites is 1. The first-order valence-corrected chi connectivity index (χ1v) is 11.3. The fourth-order valence-electron chi connectivity index (χ4n) is 3.17. The van der Waals surface area contributed by atoms with Crippen LogP contribution in [-0.2, 0) is 11.3 Å². The fourth-order valence-corrected chi connectivity index (χ4v) is 5.01. The van der Waals surface area contributed by atoms with Crippen molar-refractivity contribution in [2.75, 3.05) is 5.32 Å². The molecule has 156 valence electrons. The molecule has 1 amide bonds. The van der Waals surface area contributed by atoms with Crippen LogP contribution in [0.5, 0.6) is 0 Å². The molecule has 3 aromatic heterocycles. The lowest BCUT2D eigenvalue weighted by molar-refractivity contribution is 0.0996. The minimum absolute atomic E-state index is 0.265. The molecule has 4 rings (SSSR count). The Balaban J connectivity index is 1.67. The van der Waals surface area contributed by atoms with Gasteiger partial charge in [-0.1, -0.05) is 41.3 Å². The predicted octanol–water partition coefficient (Wildman–Crippen LogP) is 5.40. The highest BCUT2D eigenvalue weighted by Crippen LogP contribution is 2.33. The number of amides is 1. The maximum Gasteiger partial charge on any atom is 0.292 e. The van der Waals surface area contributed by atoms with Gasteiger partial charge in [0.2, 0.25) is 0 Å². The van der Waals surface area contributed by atoms with E-state index in [-0.39, 0.29) is 11.4 Å². The average molecular weight is 442 g/mol. The zero-order valence-corrected chi connectivity index (χ0v) is 19.1. The molecule has 0 spiro atoms. The van der Waals surface area contributed by atoms with E-state index in [1.54, 1.807) is 11.8 Å². The van der Waals surface area contributed by atoms with Crippen LogP contribution in [0.2, 0.25) is 0 Å². The Morgan fingerprint density at radius 1 is 1.23 bits per heavy atom. The van der Waals surface area contributed by atoms with E-state index in [1.165, 1.54) is 11.3 Å². The summed E-state index contributed by atoms with van der Waals surface area (Å²) < 4.78 is 8.66. The quantitative estimate of drug-likeness (QED) is 0.418. The molecule has 3 heterocycles. The van der Waals surface area contributed by atoms with Gasteiger partial charge in [0.05, 0.1) is 11.2 Å². The van der Waals surface area contributed by atoms with Crippen LogP contribution in [-0.4, -0.2) is 25.9 Å². The number of hydrogen-bond acceptors (Lipinski definition) is 7. The van der Waals surface area contributed by atoms with Crippen molar-refractivity contribution in [1.82, 2.24) is 20.0 Å². The van der Waals surface area contributed by atoms with Crippen molar-refractivity contribution in [1.29, 1.82) is 0 Å². The lowest BCUT2D eigenvalue weighted by atomic mass is 10.1. The first-order valence-electron chi connectivity index (χ1n) is 9.54. The molecular formula is C21H23N5O2S2. The van der Waals surface area contributed by atoms with Crippen molar-refractivity contribution in [2.45, 2.75) is 50.3 Å². The van der Waals surface area contributed by atoms with Gasteiger partial charge in [0.15, 0.2) is 10.1 Å². The maximum absolute atomic E-state index is 13.2. The van der Waals surface area contributed by atoms with Gasteiger partial charge in [-0.05, 0) is 40.7 Å². The van der Waals surface area contributed by atoms with Crippen LogP contribution in [0.1, 0.15) is 47.6 Å². The third-order valence-corrected chi connectivity index (χ3v) is 6.46. The molecule has 0 saturated heterocycles. The van der Waals surface area contributed by atoms with Gasteiger partial charge in [-0.15, -0.1) is 10.2 Å². The average Bonchev–Trinajstić information content (AvgIpc) is 3.36. The van der Waals surface area contributed by atoms with Crippen molar-refractivity contribution in [3.8, 4) is 0 Å². The molecule has 0 unspecified atom stereocenters. The predicted molar refractivity (Wildman–Crippen MR) is 120 cm³/mol. The standard InChI is InChI=1S/C21H23N5O2S2/c1-12-10-17(26(25-12)21(3,4)5)22-19(27)18-15(11-29-20-24-23-13(2)30-20)14-8-6-7-9-16(14)28-18/h6-10H,11H2,1-5H3,(H,22,27). The zero-order valence-electron chi connectivity index (χ0n) is 17.5. The Kier molecular flexibility index (Phi) is 5.42. The Labute approximate surface area is 182 Å². The number of anilines is 1. The summed E-state index contributed by atoms with van der Waals surface area (Å²) in [5, 5.41) is 17.6. The highest BCUT2D eigenvalue weighted by molar-refractivity contribution is 8.00. The molecule has 1 aromatic carbocycles. The van der Waals surface area contributed by atoms with E-state index >= 15 is 0 Å². The number of carbonyl (C=O) groups excluding carboxylic acids is 1. The Morgan fingerprint density at radius 3 is 2.70 bits per heavy atom. The largest absolute Gasteiger partial charge is 0.451 e. The van der Waals surface area contributed by atoms with Gasteiger partial charge in [-0.3, -0.25) is 4.79 Å². The molecule has 4 aromatic rings. The summed E-state index contributed by atoms with van der Waals surface area (Å²) in [6.07, 6.45) is 0. The van der Waals surface area contributed by atoms with E-state index in [0.29, 0.717) is 22.9 Å². The highest BCUT2D eigenvalue weighted by Gasteiger charge is 2.25. The smallest absolute Gasteiger partial charge is 0.292 e. The molecule has 0 aliphatic carbocycles. The van der Waals surface area contributed by atoms with Gasteiger partial charge in [0.1, 0.15) is 16.4 Å². The van der Waals surface area contributed by atoms with Crippen LogP contribution in [0.15, 0.2) is 39.1 Å². The van der Waals surface area contributed by atoms with E-state index in [1.807, 2.05) is 69.6 Å². The molecule has 0 radical (unpaired) electrons. The van der Waals surface area contributed by atoms with Gasteiger partial charge in [0, 0.05) is 22.8 Å². The van der Waals surface area contributed by atoms with Crippen molar-refractivity contribution in [3.05, 3.63) is 52.4 Å². The van der Waals surface area contributed by atoms with E-state index < -0.39 is 0 Å². The third-order valence-electron chi connectivity index (χ3n) is 4.46. The third kappa shape index (κ3) is 4.13. The molecule has 0 atom stereocenters. The lowest BCUT2D eigenvalue weighted by Crippen LogP contribution is -2.27. The number of benzene rings is 1. The first kappa shape index (κ1) is 20.6. The number of nitrogens with one attached hydrogen (secondary N) is 1. The number of fused-ring (bicyclic) bond motifs is 1. The van der Waals surface area contributed by atoms with E-state index in [9.17, 15) is 4.79 Å². The van der Waals surface area contributed by atoms with Gasteiger partial charge < -0.3 is 9.73 Å². The summed E-state index contributed by atoms with van der Waals surface area (Å²) in [5.74, 6) is 1.22. The van der Waals surface area contributed by atoms with E-state index in [0.717, 1.165) is 26.0 Å². The van der Waals surface area contributed by atoms with Crippen molar-refractivity contribution in [3.63, 3.8) is 0 Å². The molecule has 0 aliphatic heterocycles. The monoisotopic (exact) mass is 441 g/mol. The minimum Gasteiger partial charge on any atom is -0.451 e. The zero-order chi connectivity index (χ0) is 21.5. The number of nitrogens with zero attached hydrogens (tertiary/aromatic N) is 4. The Morgan fingerprint density at radius 2 is 2.00 bits per heavy atom. The molecule has 0 saturated carbocycles. The van der Waals surface area contributed by atoms with Crippen LogP contribution in [0, 0.1) is 13.8 Å². The van der Waals surface area contributed by atoms with E-state index in [2.05, 4.69) is 20.6 Å². The molecule has 7 nitrogen and oxygen atoms in total. The topological polar surface area (TPSA) is 85.8 Å². The van der Waals surface area contributed by atoms with Crippen LogP contribution < -0.4 is 5.32 Å². The Bertz CT molecular complexity index is 1220. The van der Waals surface area contributed by atoms with Crippen molar-refractivity contribution < 1.29 is 9.21 Å². The summed E-state index contributed by atoms with van der Waals surface area (Å²) in [4.78, 5) is 13.2. The van der Waals surface area contributed by atoms with Gasteiger partial charge in [0.25, 0.3) is 5.91 Å². The Hall–Kier alpha value is -2.65. The van der Waals surface area contributed by atoms with Crippen LogP contribution in [0.25, 0.3) is 11.0 Å². The molecular weight excluding hydrogens is 418 g/mol. The lowest BCUT2D eigenvalue weighted by Gasteiger charge is -2.22. The molecule has 1 N–H and O–H groups in total. The minimum atomic E-state index is -0.291. The van der Waals surface area contributed by atoms with Gasteiger partial charge >= 0.3 is 0 Å². The molecule has 9 heteroatoms. The maximum atomic E-state index is 13.2. The summed E-state index contributed by atoms with van der Waals surface area (Å²) in [6, 6.07) is 9.56. The molecule has 0 fully saturated rings. The van der Waals surface area contributed by atoms with Crippen molar-refractivity contribution in [2.24, 2.45) is 0 Å². The number of hydrogen-bond donors (Lipinski definition) is 1. The van der Waals surface area contributed by atoms with Gasteiger partial charge in [-0.2, -0.15) is 5.10 Å². The molecule has 0 aliphatic rings. The van der Waals surface area contributed by atoms with Crippen molar-refractivity contribution >= 4 is 45.8 Å². The highest BCUT2D eigenvalue weighted by atomic mass is 32.2. The summed E-state index contributed by atoms with van der Waals surface area (Å²) in [6.45, 7) is 9.96. The first-order chi connectivity index (χ1) is 14.2. The number of rotatable bonds is 5. The number of aromatic nitrogens is 4. The number of thioether (sulfide) groups is 1. The summed E-state index contributed by atoms with van der Waals surface area (Å²) in [7, 11) is 0. The number of furan rings is 1.